The number of hydrogen-bond donors (Lipinski definition) is 1. The number of rotatable bonds is 4. The smallest absolute Gasteiger partial charge is 0.261 e. The van der Waals surface area contributed by atoms with Crippen LogP contribution in [0.25, 0.3) is 0 Å². The zero-order valence-electron chi connectivity index (χ0n) is 13.4. The van der Waals surface area contributed by atoms with E-state index >= 15 is 0 Å². The summed E-state index contributed by atoms with van der Waals surface area (Å²) >= 11 is 1.51. The zero-order chi connectivity index (χ0) is 16.4. The van der Waals surface area contributed by atoms with Crippen molar-refractivity contribution in [3.8, 4) is 0 Å². The number of benzene rings is 1. The minimum absolute atomic E-state index is 0.0592. The van der Waals surface area contributed by atoms with Crippen LogP contribution in [-0.4, -0.2) is 36.3 Å². The lowest BCUT2D eigenvalue weighted by molar-refractivity contribution is 0.0733. The van der Waals surface area contributed by atoms with Gasteiger partial charge in [0.25, 0.3) is 11.8 Å². The number of carbonyl (C=O) groups excluding carboxylic acids is 2. The molecule has 0 bridgehead atoms. The van der Waals surface area contributed by atoms with E-state index in [-0.39, 0.29) is 11.8 Å². The molecule has 1 aromatic carbocycles. The standard InChI is InChI=1S/C18H20N2O2S/c1-12-11-16(23-13(12)2)17(21)19-8-10-20-9-7-14-5-3-4-6-15(14)18(20)22/h3-6,11H,7-10H2,1-2H3,(H,19,21). The molecule has 0 unspecified atom stereocenters. The summed E-state index contributed by atoms with van der Waals surface area (Å²) in [6, 6.07) is 9.65. The van der Waals surface area contributed by atoms with E-state index < -0.39 is 0 Å². The molecule has 0 saturated heterocycles. The average Bonchev–Trinajstić information content (AvgIpc) is 2.89. The molecule has 1 N–H and O–H groups in total. The van der Waals surface area contributed by atoms with E-state index in [4.69, 9.17) is 0 Å². The van der Waals surface area contributed by atoms with Crippen LogP contribution < -0.4 is 5.32 Å². The highest BCUT2D eigenvalue weighted by Gasteiger charge is 2.23. The number of aryl methyl sites for hydroxylation is 2. The molecule has 1 aliphatic rings. The van der Waals surface area contributed by atoms with E-state index in [9.17, 15) is 9.59 Å². The van der Waals surface area contributed by atoms with Crippen molar-refractivity contribution in [3.63, 3.8) is 0 Å². The first kappa shape index (κ1) is 15.7. The van der Waals surface area contributed by atoms with Gasteiger partial charge in [-0.1, -0.05) is 18.2 Å². The van der Waals surface area contributed by atoms with Gasteiger partial charge in [-0.3, -0.25) is 9.59 Å². The summed E-state index contributed by atoms with van der Waals surface area (Å²) in [6.07, 6.45) is 0.874. The van der Waals surface area contributed by atoms with Crippen molar-refractivity contribution in [1.29, 1.82) is 0 Å². The molecule has 0 radical (unpaired) electrons. The lowest BCUT2D eigenvalue weighted by atomic mass is 9.99. The Morgan fingerprint density at radius 3 is 2.83 bits per heavy atom. The van der Waals surface area contributed by atoms with Crippen LogP contribution >= 0.6 is 11.3 Å². The average molecular weight is 328 g/mol. The molecule has 0 aliphatic carbocycles. The third-order valence-electron chi connectivity index (χ3n) is 4.24. The van der Waals surface area contributed by atoms with Crippen LogP contribution in [0.2, 0.25) is 0 Å². The van der Waals surface area contributed by atoms with E-state index in [1.165, 1.54) is 11.3 Å². The summed E-state index contributed by atoms with van der Waals surface area (Å²) in [5.74, 6) is -0.0000277. The molecule has 120 valence electrons. The molecular formula is C18H20N2O2S. The quantitative estimate of drug-likeness (QED) is 0.938. The molecule has 23 heavy (non-hydrogen) atoms. The first-order chi connectivity index (χ1) is 11.1. The summed E-state index contributed by atoms with van der Waals surface area (Å²) in [6.45, 7) is 5.75. The minimum atomic E-state index is -0.0592. The summed E-state index contributed by atoms with van der Waals surface area (Å²) in [7, 11) is 0. The Labute approximate surface area is 140 Å². The van der Waals surface area contributed by atoms with E-state index in [2.05, 4.69) is 5.32 Å². The molecule has 1 aliphatic heterocycles. The van der Waals surface area contributed by atoms with Crippen molar-refractivity contribution in [1.82, 2.24) is 10.2 Å². The normalized spacial score (nSPS) is 13.8. The maximum Gasteiger partial charge on any atom is 0.261 e. The molecule has 5 heteroatoms. The van der Waals surface area contributed by atoms with Gasteiger partial charge in [0, 0.05) is 30.1 Å². The van der Waals surface area contributed by atoms with Gasteiger partial charge in [-0.2, -0.15) is 0 Å². The number of fused-ring (bicyclic) bond motifs is 1. The highest BCUT2D eigenvalue weighted by atomic mass is 32.1. The van der Waals surface area contributed by atoms with Crippen LogP contribution in [-0.2, 0) is 6.42 Å². The molecule has 2 heterocycles. The van der Waals surface area contributed by atoms with Crippen molar-refractivity contribution < 1.29 is 9.59 Å². The number of carbonyl (C=O) groups is 2. The molecule has 4 nitrogen and oxygen atoms in total. The van der Waals surface area contributed by atoms with E-state index in [1.54, 1.807) is 0 Å². The summed E-state index contributed by atoms with van der Waals surface area (Å²) in [5, 5.41) is 2.91. The van der Waals surface area contributed by atoms with E-state index in [1.807, 2.05) is 49.1 Å². The largest absolute Gasteiger partial charge is 0.350 e. The van der Waals surface area contributed by atoms with Crippen LogP contribution in [0.3, 0.4) is 0 Å². The maximum absolute atomic E-state index is 12.4. The molecule has 2 amide bonds. The van der Waals surface area contributed by atoms with E-state index in [0.29, 0.717) is 19.6 Å². The zero-order valence-corrected chi connectivity index (χ0v) is 14.2. The van der Waals surface area contributed by atoms with Gasteiger partial charge in [0.15, 0.2) is 0 Å². The fourth-order valence-corrected chi connectivity index (χ4v) is 3.71. The van der Waals surface area contributed by atoms with Crippen LogP contribution in [0.5, 0.6) is 0 Å². The van der Waals surface area contributed by atoms with Gasteiger partial charge < -0.3 is 10.2 Å². The molecular weight excluding hydrogens is 308 g/mol. The molecule has 3 rings (SSSR count). The Hall–Kier alpha value is -2.14. The molecule has 2 aromatic rings. The third kappa shape index (κ3) is 3.29. The van der Waals surface area contributed by atoms with Crippen LogP contribution in [0.1, 0.15) is 36.0 Å². The first-order valence-corrected chi connectivity index (χ1v) is 8.60. The molecule has 0 spiro atoms. The Morgan fingerprint density at radius 1 is 1.30 bits per heavy atom. The predicted molar refractivity (Wildman–Crippen MR) is 92.2 cm³/mol. The minimum Gasteiger partial charge on any atom is -0.350 e. The van der Waals surface area contributed by atoms with Gasteiger partial charge in [-0.15, -0.1) is 11.3 Å². The highest BCUT2D eigenvalue weighted by molar-refractivity contribution is 7.14. The van der Waals surface area contributed by atoms with Crippen LogP contribution in [0, 0.1) is 13.8 Å². The Morgan fingerprint density at radius 2 is 2.09 bits per heavy atom. The van der Waals surface area contributed by atoms with Crippen molar-refractivity contribution in [2.75, 3.05) is 19.6 Å². The van der Waals surface area contributed by atoms with Crippen molar-refractivity contribution in [2.45, 2.75) is 20.3 Å². The number of hydrogen-bond acceptors (Lipinski definition) is 3. The van der Waals surface area contributed by atoms with Gasteiger partial charge in [0.05, 0.1) is 4.88 Å². The molecule has 0 atom stereocenters. The van der Waals surface area contributed by atoms with Crippen LogP contribution in [0.4, 0.5) is 0 Å². The summed E-state index contributed by atoms with van der Waals surface area (Å²) in [5.41, 5.74) is 3.04. The predicted octanol–water partition coefficient (Wildman–Crippen LogP) is 2.79. The second kappa shape index (κ2) is 6.54. The number of thiophene rings is 1. The second-order valence-corrected chi connectivity index (χ2v) is 7.06. The number of nitrogens with zero attached hydrogens (tertiary/aromatic N) is 1. The van der Waals surface area contributed by atoms with E-state index in [0.717, 1.165) is 32.9 Å². The Balaban J connectivity index is 1.55. The second-order valence-electron chi connectivity index (χ2n) is 5.81. The SMILES string of the molecule is Cc1cc(C(=O)NCCN2CCc3ccccc3C2=O)sc1C. The summed E-state index contributed by atoms with van der Waals surface area (Å²) < 4.78 is 0. The summed E-state index contributed by atoms with van der Waals surface area (Å²) in [4.78, 5) is 28.3. The third-order valence-corrected chi connectivity index (χ3v) is 5.39. The number of amides is 2. The van der Waals surface area contributed by atoms with Crippen LogP contribution in [0.15, 0.2) is 30.3 Å². The fraction of sp³-hybridized carbons (Fsp3) is 0.333. The highest BCUT2D eigenvalue weighted by Crippen LogP contribution is 2.20. The lowest BCUT2D eigenvalue weighted by Gasteiger charge is -2.28. The Bertz CT molecular complexity index is 732. The van der Waals surface area contributed by atoms with Gasteiger partial charge in [-0.25, -0.2) is 0 Å². The first-order valence-electron chi connectivity index (χ1n) is 7.78. The van der Waals surface area contributed by atoms with Gasteiger partial charge in [0.2, 0.25) is 0 Å². The van der Waals surface area contributed by atoms with Crippen molar-refractivity contribution in [2.24, 2.45) is 0 Å². The molecule has 0 fully saturated rings. The lowest BCUT2D eigenvalue weighted by Crippen LogP contribution is -2.42. The van der Waals surface area contributed by atoms with Gasteiger partial charge in [0.1, 0.15) is 0 Å². The molecule has 1 aromatic heterocycles. The topological polar surface area (TPSA) is 49.4 Å². The van der Waals surface area contributed by atoms with Gasteiger partial charge >= 0.3 is 0 Å². The maximum atomic E-state index is 12.4. The monoisotopic (exact) mass is 328 g/mol. The molecule has 0 saturated carbocycles. The van der Waals surface area contributed by atoms with Crippen molar-refractivity contribution >= 4 is 23.2 Å². The Kier molecular flexibility index (Phi) is 4.48. The van der Waals surface area contributed by atoms with Crippen molar-refractivity contribution in [3.05, 3.63) is 56.8 Å². The van der Waals surface area contributed by atoms with Gasteiger partial charge in [-0.05, 0) is 43.5 Å². The fourth-order valence-electron chi connectivity index (χ4n) is 2.76. The number of nitrogens with one attached hydrogen (secondary N) is 1.